The van der Waals surface area contributed by atoms with Crippen LogP contribution in [0.4, 0.5) is 0 Å². The normalized spacial score (nSPS) is 18.8. The third-order valence-electron chi connectivity index (χ3n) is 5.26. The van der Waals surface area contributed by atoms with Crippen LogP contribution < -0.4 is 5.46 Å². The lowest BCUT2D eigenvalue weighted by molar-refractivity contribution is 0.322. The van der Waals surface area contributed by atoms with Gasteiger partial charge in [-0.3, -0.25) is 0 Å². The maximum Gasteiger partial charge on any atom is 0.489 e. The molecule has 0 amide bonds. The standard InChI is InChI=1S/C16H19BO2/c1-15(2)11-7-5-6-10-13(17(18)19)9-8-12(14(10)11)16(15,3)4/h5-9,18-19H,1-4H3. The molecule has 0 radical (unpaired) electrons. The summed E-state index contributed by atoms with van der Waals surface area (Å²) in [6, 6.07) is 10.0. The molecular weight excluding hydrogens is 235 g/mol. The van der Waals surface area contributed by atoms with Crippen molar-refractivity contribution < 1.29 is 10.0 Å². The van der Waals surface area contributed by atoms with E-state index in [-0.39, 0.29) is 10.8 Å². The minimum atomic E-state index is -1.42. The van der Waals surface area contributed by atoms with Crippen LogP contribution in [0.1, 0.15) is 38.8 Å². The van der Waals surface area contributed by atoms with E-state index in [1.54, 1.807) is 0 Å². The van der Waals surface area contributed by atoms with Crippen LogP contribution in [0.3, 0.4) is 0 Å². The Morgan fingerprint density at radius 1 is 0.842 bits per heavy atom. The Balaban J connectivity index is 2.49. The summed E-state index contributed by atoms with van der Waals surface area (Å²) >= 11 is 0. The highest BCUT2D eigenvalue weighted by atomic mass is 16.4. The highest BCUT2D eigenvalue weighted by Gasteiger charge is 2.47. The van der Waals surface area contributed by atoms with Gasteiger partial charge in [-0.2, -0.15) is 0 Å². The molecule has 0 aromatic heterocycles. The van der Waals surface area contributed by atoms with Gasteiger partial charge in [0.05, 0.1) is 0 Å². The van der Waals surface area contributed by atoms with E-state index in [4.69, 9.17) is 0 Å². The molecule has 2 aromatic carbocycles. The highest BCUT2D eigenvalue weighted by Crippen LogP contribution is 2.53. The molecule has 98 valence electrons. The third kappa shape index (κ3) is 1.40. The molecule has 2 N–H and O–H groups in total. The third-order valence-corrected chi connectivity index (χ3v) is 5.26. The molecule has 0 aliphatic heterocycles. The van der Waals surface area contributed by atoms with E-state index >= 15 is 0 Å². The van der Waals surface area contributed by atoms with Crippen molar-refractivity contribution in [3.05, 3.63) is 41.5 Å². The van der Waals surface area contributed by atoms with Gasteiger partial charge in [0.15, 0.2) is 0 Å². The molecule has 0 bridgehead atoms. The van der Waals surface area contributed by atoms with E-state index in [0.29, 0.717) is 5.46 Å². The average Bonchev–Trinajstić information content (AvgIpc) is 2.49. The number of hydrogen-bond donors (Lipinski definition) is 2. The minimum absolute atomic E-state index is 0.0356. The fourth-order valence-electron chi connectivity index (χ4n) is 3.37. The Bertz CT molecular complexity index is 651. The maximum atomic E-state index is 9.54. The van der Waals surface area contributed by atoms with Gasteiger partial charge in [0, 0.05) is 0 Å². The minimum Gasteiger partial charge on any atom is -0.423 e. The number of benzene rings is 2. The van der Waals surface area contributed by atoms with E-state index in [2.05, 4.69) is 39.8 Å². The monoisotopic (exact) mass is 254 g/mol. The van der Waals surface area contributed by atoms with Gasteiger partial charge in [-0.05, 0) is 38.2 Å². The first-order valence-corrected chi connectivity index (χ1v) is 6.71. The van der Waals surface area contributed by atoms with Gasteiger partial charge in [-0.15, -0.1) is 0 Å². The second-order valence-corrected chi connectivity index (χ2v) is 6.55. The summed E-state index contributed by atoms with van der Waals surface area (Å²) in [4.78, 5) is 0. The van der Waals surface area contributed by atoms with Gasteiger partial charge in [-0.25, -0.2) is 0 Å². The van der Waals surface area contributed by atoms with Crippen molar-refractivity contribution in [2.75, 3.05) is 0 Å². The van der Waals surface area contributed by atoms with Gasteiger partial charge in [-0.1, -0.05) is 58.0 Å². The quantitative estimate of drug-likeness (QED) is 0.765. The van der Waals surface area contributed by atoms with Crippen molar-refractivity contribution in [2.24, 2.45) is 0 Å². The first-order valence-electron chi connectivity index (χ1n) is 6.71. The predicted octanol–water partition coefficient (Wildman–Crippen LogP) is 2.09. The zero-order valence-corrected chi connectivity index (χ0v) is 11.9. The van der Waals surface area contributed by atoms with Gasteiger partial charge in [0.25, 0.3) is 0 Å². The van der Waals surface area contributed by atoms with E-state index in [1.807, 2.05) is 18.2 Å². The zero-order valence-electron chi connectivity index (χ0n) is 11.9. The Labute approximate surface area is 114 Å². The van der Waals surface area contributed by atoms with Gasteiger partial charge >= 0.3 is 7.12 Å². The van der Waals surface area contributed by atoms with Crippen molar-refractivity contribution >= 4 is 23.4 Å². The van der Waals surface area contributed by atoms with Crippen LogP contribution in [-0.2, 0) is 10.8 Å². The molecule has 0 atom stereocenters. The van der Waals surface area contributed by atoms with Crippen molar-refractivity contribution in [1.82, 2.24) is 0 Å². The van der Waals surface area contributed by atoms with Crippen LogP contribution in [0.2, 0.25) is 0 Å². The molecule has 3 heteroatoms. The zero-order chi connectivity index (χ0) is 14.0. The van der Waals surface area contributed by atoms with Gasteiger partial charge in [0.2, 0.25) is 0 Å². The summed E-state index contributed by atoms with van der Waals surface area (Å²) in [5, 5.41) is 21.2. The number of hydrogen-bond acceptors (Lipinski definition) is 2. The molecular formula is C16H19BO2. The Hall–Kier alpha value is -1.32. The van der Waals surface area contributed by atoms with E-state index in [9.17, 15) is 10.0 Å². The molecule has 0 saturated heterocycles. The Morgan fingerprint density at radius 3 is 2.00 bits per heavy atom. The molecule has 0 heterocycles. The van der Waals surface area contributed by atoms with Crippen LogP contribution in [0.25, 0.3) is 10.8 Å². The fraction of sp³-hybridized carbons (Fsp3) is 0.375. The summed E-state index contributed by atoms with van der Waals surface area (Å²) in [6.45, 7) is 9.04. The van der Waals surface area contributed by atoms with E-state index < -0.39 is 7.12 Å². The van der Waals surface area contributed by atoms with Crippen LogP contribution >= 0.6 is 0 Å². The summed E-state index contributed by atoms with van der Waals surface area (Å²) in [7, 11) is -1.42. The van der Waals surface area contributed by atoms with Gasteiger partial charge in [0.1, 0.15) is 0 Å². The van der Waals surface area contributed by atoms with E-state index in [0.717, 1.165) is 5.39 Å². The predicted molar refractivity (Wildman–Crippen MR) is 79.8 cm³/mol. The Morgan fingerprint density at radius 2 is 1.42 bits per heavy atom. The molecule has 2 aromatic rings. The van der Waals surface area contributed by atoms with Crippen LogP contribution in [0.5, 0.6) is 0 Å². The number of rotatable bonds is 1. The topological polar surface area (TPSA) is 40.5 Å². The molecule has 0 unspecified atom stereocenters. The molecule has 2 nitrogen and oxygen atoms in total. The van der Waals surface area contributed by atoms with Crippen molar-refractivity contribution in [1.29, 1.82) is 0 Å². The lowest BCUT2D eigenvalue weighted by atomic mass is 9.66. The largest absolute Gasteiger partial charge is 0.489 e. The van der Waals surface area contributed by atoms with Gasteiger partial charge < -0.3 is 10.0 Å². The van der Waals surface area contributed by atoms with Crippen molar-refractivity contribution in [2.45, 2.75) is 38.5 Å². The molecule has 3 rings (SSSR count). The molecule has 1 aliphatic rings. The average molecular weight is 254 g/mol. The molecule has 0 fully saturated rings. The second-order valence-electron chi connectivity index (χ2n) is 6.55. The SMILES string of the molecule is CC1(C)c2cccc3c(B(O)O)ccc(c23)C1(C)C. The first kappa shape index (κ1) is 12.7. The molecule has 0 saturated carbocycles. The summed E-state index contributed by atoms with van der Waals surface area (Å²) in [6.07, 6.45) is 0. The summed E-state index contributed by atoms with van der Waals surface area (Å²) in [5.74, 6) is 0. The fourth-order valence-corrected chi connectivity index (χ4v) is 3.37. The molecule has 1 aliphatic carbocycles. The van der Waals surface area contributed by atoms with Crippen LogP contribution in [0, 0.1) is 0 Å². The van der Waals surface area contributed by atoms with Crippen molar-refractivity contribution in [3.63, 3.8) is 0 Å². The van der Waals surface area contributed by atoms with Crippen LogP contribution in [0.15, 0.2) is 30.3 Å². The molecule has 19 heavy (non-hydrogen) atoms. The summed E-state index contributed by atoms with van der Waals surface area (Å²) in [5.41, 5.74) is 3.26. The van der Waals surface area contributed by atoms with Crippen molar-refractivity contribution in [3.8, 4) is 0 Å². The Kier molecular flexibility index (Phi) is 2.42. The second kappa shape index (κ2) is 3.62. The van der Waals surface area contributed by atoms with Crippen LogP contribution in [-0.4, -0.2) is 17.2 Å². The van der Waals surface area contributed by atoms with E-state index in [1.165, 1.54) is 16.5 Å². The maximum absolute atomic E-state index is 9.54. The highest BCUT2D eigenvalue weighted by molar-refractivity contribution is 6.62. The lowest BCUT2D eigenvalue weighted by Gasteiger charge is -2.37. The smallest absolute Gasteiger partial charge is 0.423 e. The lowest BCUT2D eigenvalue weighted by Crippen LogP contribution is -2.36. The summed E-state index contributed by atoms with van der Waals surface area (Å²) < 4.78 is 0. The first-order chi connectivity index (χ1) is 8.78. The molecule has 0 spiro atoms.